The lowest BCUT2D eigenvalue weighted by atomic mass is 10.1. The van der Waals surface area contributed by atoms with E-state index in [2.05, 4.69) is 5.10 Å². The van der Waals surface area contributed by atoms with Crippen LogP contribution < -0.4 is 5.73 Å². The van der Waals surface area contributed by atoms with Crippen LogP contribution in [0.4, 0.5) is 4.39 Å². The van der Waals surface area contributed by atoms with E-state index in [0.29, 0.717) is 16.8 Å². The number of hydrogen-bond acceptors (Lipinski definition) is 2. The van der Waals surface area contributed by atoms with E-state index >= 15 is 0 Å². The van der Waals surface area contributed by atoms with Crippen LogP contribution in [0, 0.1) is 5.82 Å². The third-order valence-electron chi connectivity index (χ3n) is 3.12. The number of primary amides is 1. The molecular weight excluding hydrogens is 269 g/mol. The number of para-hydroxylation sites is 1. The molecule has 0 aliphatic rings. The summed E-state index contributed by atoms with van der Waals surface area (Å²) in [6.07, 6.45) is 1.58. The molecule has 1 aromatic heterocycles. The second kappa shape index (κ2) is 5.20. The third kappa shape index (κ3) is 2.53. The molecule has 2 aromatic carbocycles. The molecule has 0 spiro atoms. The van der Waals surface area contributed by atoms with Gasteiger partial charge in [-0.25, -0.2) is 9.07 Å². The first-order valence-corrected chi connectivity index (χ1v) is 6.36. The molecule has 0 aliphatic carbocycles. The summed E-state index contributed by atoms with van der Waals surface area (Å²) in [5, 5.41) is 4.39. The highest BCUT2D eigenvalue weighted by Crippen LogP contribution is 2.23. The lowest BCUT2D eigenvalue weighted by Crippen LogP contribution is -2.11. The summed E-state index contributed by atoms with van der Waals surface area (Å²) in [5.41, 5.74) is 7.59. The topological polar surface area (TPSA) is 60.9 Å². The maximum Gasteiger partial charge on any atom is 0.252 e. The molecule has 0 atom stereocenters. The Morgan fingerprint density at radius 1 is 1.05 bits per heavy atom. The van der Waals surface area contributed by atoms with Crippen LogP contribution in [0.5, 0.6) is 0 Å². The van der Waals surface area contributed by atoms with E-state index in [0.717, 1.165) is 5.69 Å². The maximum absolute atomic E-state index is 13.0. The Balaban J connectivity index is 2.14. The summed E-state index contributed by atoms with van der Waals surface area (Å²) in [4.78, 5) is 11.6. The van der Waals surface area contributed by atoms with Gasteiger partial charge in [-0.05, 0) is 36.4 Å². The van der Waals surface area contributed by atoms with E-state index in [1.165, 1.54) is 12.1 Å². The minimum Gasteiger partial charge on any atom is -0.365 e. The summed E-state index contributed by atoms with van der Waals surface area (Å²) in [6.45, 7) is 0. The molecule has 3 rings (SSSR count). The number of aromatic nitrogens is 2. The van der Waals surface area contributed by atoms with Crippen molar-refractivity contribution in [3.05, 3.63) is 72.2 Å². The fourth-order valence-corrected chi connectivity index (χ4v) is 2.09. The number of carbonyl (C=O) groups excluding carboxylic acids is 1. The SMILES string of the molecule is NC(=O)c1cn(-c2ccccc2)nc1-c1ccc(F)cc1. The van der Waals surface area contributed by atoms with Gasteiger partial charge in [-0.2, -0.15) is 5.10 Å². The second-order valence-corrected chi connectivity index (χ2v) is 4.54. The van der Waals surface area contributed by atoms with Crippen molar-refractivity contribution in [2.75, 3.05) is 0 Å². The van der Waals surface area contributed by atoms with Gasteiger partial charge in [0.15, 0.2) is 0 Å². The van der Waals surface area contributed by atoms with Gasteiger partial charge in [0.05, 0.1) is 11.3 Å². The van der Waals surface area contributed by atoms with Crippen molar-refractivity contribution in [1.29, 1.82) is 0 Å². The van der Waals surface area contributed by atoms with E-state index in [-0.39, 0.29) is 5.82 Å². The number of nitrogens with two attached hydrogens (primary N) is 1. The zero-order valence-corrected chi connectivity index (χ0v) is 11.0. The van der Waals surface area contributed by atoms with Crippen molar-refractivity contribution < 1.29 is 9.18 Å². The number of carbonyl (C=O) groups is 1. The van der Waals surface area contributed by atoms with Crippen LogP contribution in [0.15, 0.2) is 60.8 Å². The molecule has 5 heteroatoms. The summed E-state index contributed by atoms with van der Waals surface area (Å²) in [6, 6.07) is 15.2. The van der Waals surface area contributed by atoms with E-state index in [1.54, 1.807) is 23.0 Å². The second-order valence-electron chi connectivity index (χ2n) is 4.54. The molecule has 0 fully saturated rings. The monoisotopic (exact) mass is 281 g/mol. The summed E-state index contributed by atoms with van der Waals surface area (Å²) in [5.74, 6) is -0.918. The molecule has 2 N–H and O–H groups in total. The van der Waals surface area contributed by atoms with Crippen LogP contribution in [0.3, 0.4) is 0 Å². The highest BCUT2D eigenvalue weighted by molar-refractivity contribution is 5.98. The molecule has 1 amide bonds. The Kier molecular flexibility index (Phi) is 3.23. The van der Waals surface area contributed by atoms with Gasteiger partial charge >= 0.3 is 0 Å². The third-order valence-corrected chi connectivity index (χ3v) is 3.12. The smallest absolute Gasteiger partial charge is 0.252 e. The van der Waals surface area contributed by atoms with Crippen molar-refractivity contribution >= 4 is 5.91 Å². The van der Waals surface area contributed by atoms with Gasteiger partial charge in [0.25, 0.3) is 5.91 Å². The number of rotatable bonds is 3. The van der Waals surface area contributed by atoms with Crippen LogP contribution in [0.25, 0.3) is 16.9 Å². The quantitative estimate of drug-likeness (QED) is 0.802. The fourth-order valence-electron chi connectivity index (χ4n) is 2.09. The fraction of sp³-hybridized carbons (Fsp3) is 0. The van der Waals surface area contributed by atoms with E-state index in [9.17, 15) is 9.18 Å². The van der Waals surface area contributed by atoms with Crippen LogP contribution >= 0.6 is 0 Å². The van der Waals surface area contributed by atoms with Gasteiger partial charge in [-0.1, -0.05) is 18.2 Å². The van der Waals surface area contributed by atoms with Crippen molar-refractivity contribution in [2.24, 2.45) is 5.73 Å². The molecule has 0 unspecified atom stereocenters. The Hall–Kier alpha value is -2.95. The molecule has 3 aromatic rings. The Morgan fingerprint density at radius 3 is 2.33 bits per heavy atom. The average molecular weight is 281 g/mol. The first-order valence-electron chi connectivity index (χ1n) is 6.36. The molecule has 21 heavy (non-hydrogen) atoms. The van der Waals surface area contributed by atoms with Gasteiger partial charge in [-0.3, -0.25) is 4.79 Å². The minimum absolute atomic E-state index is 0.297. The lowest BCUT2D eigenvalue weighted by Gasteiger charge is -2.00. The molecular formula is C16H12FN3O. The zero-order chi connectivity index (χ0) is 14.8. The Bertz CT molecular complexity index is 779. The van der Waals surface area contributed by atoms with Crippen LogP contribution in [-0.2, 0) is 0 Å². The van der Waals surface area contributed by atoms with Crippen LogP contribution in [0.1, 0.15) is 10.4 Å². The van der Waals surface area contributed by atoms with E-state index in [4.69, 9.17) is 5.73 Å². The maximum atomic E-state index is 13.0. The number of nitrogens with zero attached hydrogens (tertiary/aromatic N) is 2. The lowest BCUT2D eigenvalue weighted by molar-refractivity contribution is 0.100. The Labute approximate surface area is 120 Å². The van der Waals surface area contributed by atoms with Gasteiger partial charge in [0.2, 0.25) is 0 Å². The zero-order valence-electron chi connectivity index (χ0n) is 11.0. The number of halogens is 1. The average Bonchev–Trinajstić information content (AvgIpc) is 2.94. The van der Waals surface area contributed by atoms with E-state index in [1.807, 2.05) is 30.3 Å². The molecule has 104 valence electrons. The first-order chi connectivity index (χ1) is 10.1. The number of amides is 1. The van der Waals surface area contributed by atoms with Crippen molar-refractivity contribution in [1.82, 2.24) is 9.78 Å². The van der Waals surface area contributed by atoms with Gasteiger partial charge in [0, 0.05) is 11.8 Å². The molecule has 0 radical (unpaired) electrons. The van der Waals surface area contributed by atoms with Crippen LogP contribution in [0.2, 0.25) is 0 Å². The largest absolute Gasteiger partial charge is 0.365 e. The van der Waals surface area contributed by atoms with E-state index < -0.39 is 5.91 Å². The molecule has 0 saturated carbocycles. The van der Waals surface area contributed by atoms with Crippen molar-refractivity contribution in [3.8, 4) is 16.9 Å². The van der Waals surface area contributed by atoms with Gasteiger partial charge in [0.1, 0.15) is 11.5 Å². The number of hydrogen-bond donors (Lipinski definition) is 1. The minimum atomic E-state index is -0.573. The van der Waals surface area contributed by atoms with Crippen molar-refractivity contribution in [2.45, 2.75) is 0 Å². The molecule has 0 saturated heterocycles. The first kappa shape index (κ1) is 13.1. The Morgan fingerprint density at radius 2 is 1.71 bits per heavy atom. The predicted octanol–water partition coefficient (Wildman–Crippen LogP) is 2.78. The summed E-state index contributed by atoms with van der Waals surface area (Å²) >= 11 is 0. The highest BCUT2D eigenvalue weighted by Gasteiger charge is 2.16. The normalized spacial score (nSPS) is 10.5. The van der Waals surface area contributed by atoms with Crippen molar-refractivity contribution in [3.63, 3.8) is 0 Å². The molecule has 4 nitrogen and oxygen atoms in total. The van der Waals surface area contributed by atoms with Gasteiger partial charge in [-0.15, -0.1) is 0 Å². The molecule has 0 aliphatic heterocycles. The summed E-state index contributed by atoms with van der Waals surface area (Å²) in [7, 11) is 0. The van der Waals surface area contributed by atoms with Crippen LogP contribution in [-0.4, -0.2) is 15.7 Å². The standard InChI is InChI=1S/C16H12FN3O/c17-12-8-6-11(7-9-12)15-14(16(18)21)10-20(19-15)13-4-2-1-3-5-13/h1-10H,(H2,18,21). The molecule has 1 heterocycles. The summed E-state index contributed by atoms with van der Waals surface area (Å²) < 4.78 is 14.6. The number of benzene rings is 2. The molecule has 0 bridgehead atoms. The highest BCUT2D eigenvalue weighted by atomic mass is 19.1. The van der Waals surface area contributed by atoms with Gasteiger partial charge < -0.3 is 5.73 Å². The predicted molar refractivity (Wildman–Crippen MR) is 77.5 cm³/mol.